The minimum Gasteiger partial charge on any atom is -0.381 e. The van der Waals surface area contributed by atoms with Gasteiger partial charge in [0.2, 0.25) is 5.91 Å². The molecule has 24 heavy (non-hydrogen) atoms. The van der Waals surface area contributed by atoms with E-state index in [9.17, 15) is 4.79 Å². The second-order valence-corrected chi connectivity index (χ2v) is 6.81. The minimum atomic E-state index is 0.0997. The molecule has 2 heterocycles. The van der Waals surface area contributed by atoms with Crippen molar-refractivity contribution in [3.05, 3.63) is 30.1 Å². The standard InChI is InChI=1S/C19H27N3O2/c1-4-7-15-11-19(23)21(12-15)13-22-17-9-6-5-8-16(17)20-18(22)10-14(2)24-3/h5-6,8-9,14-15H,4,7,10-13H2,1-3H3. The summed E-state index contributed by atoms with van der Waals surface area (Å²) in [5.41, 5.74) is 2.06. The summed E-state index contributed by atoms with van der Waals surface area (Å²) in [6.07, 6.45) is 3.79. The van der Waals surface area contributed by atoms with E-state index < -0.39 is 0 Å². The van der Waals surface area contributed by atoms with E-state index in [4.69, 9.17) is 9.72 Å². The Morgan fingerprint density at radius 2 is 2.17 bits per heavy atom. The van der Waals surface area contributed by atoms with Crippen LogP contribution in [0.1, 0.15) is 38.9 Å². The number of para-hydroxylation sites is 2. The third-order valence-electron chi connectivity index (χ3n) is 4.91. The molecule has 0 spiro atoms. The highest BCUT2D eigenvalue weighted by Gasteiger charge is 2.29. The summed E-state index contributed by atoms with van der Waals surface area (Å²) in [6.45, 7) is 5.67. The lowest BCUT2D eigenvalue weighted by molar-refractivity contribution is -0.129. The second-order valence-electron chi connectivity index (χ2n) is 6.81. The number of fused-ring (bicyclic) bond motifs is 1. The van der Waals surface area contributed by atoms with Crippen LogP contribution in [-0.2, 0) is 22.6 Å². The quantitative estimate of drug-likeness (QED) is 0.783. The van der Waals surface area contributed by atoms with E-state index in [1.165, 1.54) is 0 Å². The third kappa shape index (κ3) is 3.46. The summed E-state index contributed by atoms with van der Waals surface area (Å²) in [6, 6.07) is 8.13. The van der Waals surface area contributed by atoms with Crippen LogP contribution in [0.5, 0.6) is 0 Å². The molecule has 5 nitrogen and oxygen atoms in total. The van der Waals surface area contributed by atoms with Crippen molar-refractivity contribution in [1.82, 2.24) is 14.5 Å². The molecular weight excluding hydrogens is 302 g/mol. The Kier molecular flexibility index (Phi) is 5.19. The van der Waals surface area contributed by atoms with Gasteiger partial charge < -0.3 is 14.2 Å². The molecule has 1 aromatic heterocycles. The Bertz CT molecular complexity index is 710. The molecule has 1 aliphatic rings. The topological polar surface area (TPSA) is 47.4 Å². The molecule has 0 N–H and O–H groups in total. The maximum atomic E-state index is 12.4. The lowest BCUT2D eigenvalue weighted by Gasteiger charge is -2.20. The number of ether oxygens (including phenoxy) is 1. The Balaban J connectivity index is 1.87. The van der Waals surface area contributed by atoms with Crippen LogP contribution >= 0.6 is 0 Å². The van der Waals surface area contributed by atoms with Gasteiger partial charge in [0.1, 0.15) is 5.82 Å². The van der Waals surface area contributed by atoms with Gasteiger partial charge in [0, 0.05) is 26.5 Å². The van der Waals surface area contributed by atoms with Crippen LogP contribution in [0.15, 0.2) is 24.3 Å². The highest BCUT2D eigenvalue weighted by molar-refractivity contribution is 5.79. The van der Waals surface area contributed by atoms with E-state index in [1.807, 2.05) is 30.0 Å². The fourth-order valence-electron chi connectivity index (χ4n) is 3.54. The largest absolute Gasteiger partial charge is 0.381 e. The predicted molar refractivity (Wildman–Crippen MR) is 94.6 cm³/mol. The Morgan fingerprint density at radius 3 is 2.92 bits per heavy atom. The van der Waals surface area contributed by atoms with Crippen LogP contribution in [-0.4, -0.2) is 40.1 Å². The van der Waals surface area contributed by atoms with E-state index in [-0.39, 0.29) is 12.0 Å². The highest BCUT2D eigenvalue weighted by Crippen LogP contribution is 2.25. The average Bonchev–Trinajstić information content (AvgIpc) is 3.09. The maximum Gasteiger partial charge on any atom is 0.224 e. The number of imidazole rings is 1. The van der Waals surface area contributed by atoms with E-state index >= 15 is 0 Å². The van der Waals surface area contributed by atoms with Crippen LogP contribution < -0.4 is 0 Å². The van der Waals surface area contributed by atoms with Crippen molar-refractivity contribution in [3.8, 4) is 0 Å². The van der Waals surface area contributed by atoms with E-state index in [2.05, 4.69) is 17.6 Å². The molecule has 3 rings (SSSR count). The molecule has 2 atom stereocenters. The van der Waals surface area contributed by atoms with Gasteiger partial charge in [-0.3, -0.25) is 4.79 Å². The molecule has 1 fully saturated rings. The number of hydrogen-bond acceptors (Lipinski definition) is 3. The number of amides is 1. The molecule has 0 aliphatic carbocycles. The number of benzene rings is 1. The van der Waals surface area contributed by atoms with Crippen LogP contribution in [0.2, 0.25) is 0 Å². The molecule has 1 aromatic carbocycles. The van der Waals surface area contributed by atoms with Gasteiger partial charge in [-0.2, -0.15) is 0 Å². The van der Waals surface area contributed by atoms with Gasteiger partial charge in [-0.05, 0) is 31.4 Å². The molecule has 0 radical (unpaired) electrons. The monoisotopic (exact) mass is 329 g/mol. The fourth-order valence-corrected chi connectivity index (χ4v) is 3.54. The normalized spacial score (nSPS) is 19.4. The maximum absolute atomic E-state index is 12.4. The third-order valence-corrected chi connectivity index (χ3v) is 4.91. The molecule has 1 saturated heterocycles. The zero-order valence-electron chi connectivity index (χ0n) is 14.9. The number of carbonyl (C=O) groups is 1. The Labute approximate surface area is 143 Å². The summed E-state index contributed by atoms with van der Waals surface area (Å²) in [7, 11) is 1.72. The van der Waals surface area contributed by atoms with Gasteiger partial charge in [0.05, 0.1) is 23.8 Å². The van der Waals surface area contributed by atoms with Gasteiger partial charge in [0.15, 0.2) is 0 Å². The van der Waals surface area contributed by atoms with E-state index in [0.29, 0.717) is 19.0 Å². The Morgan fingerprint density at radius 1 is 1.38 bits per heavy atom. The molecule has 0 saturated carbocycles. The minimum absolute atomic E-state index is 0.0997. The summed E-state index contributed by atoms with van der Waals surface area (Å²) in [5, 5.41) is 0. The van der Waals surface area contributed by atoms with Crippen molar-refractivity contribution in [2.45, 2.75) is 52.3 Å². The first-order chi connectivity index (χ1) is 11.6. The molecule has 1 amide bonds. The molecule has 2 aromatic rings. The lowest BCUT2D eigenvalue weighted by atomic mass is 10.0. The number of rotatable bonds is 7. The fraction of sp³-hybridized carbons (Fsp3) is 0.579. The van der Waals surface area contributed by atoms with Gasteiger partial charge in [0.25, 0.3) is 0 Å². The van der Waals surface area contributed by atoms with Crippen molar-refractivity contribution in [2.75, 3.05) is 13.7 Å². The van der Waals surface area contributed by atoms with Crippen molar-refractivity contribution < 1.29 is 9.53 Å². The summed E-state index contributed by atoms with van der Waals surface area (Å²) >= 11 is 0. The average molecular weight is 329 g/mol. The van der Waals surface area contributed by atoms with Crippen molar-refractivity contribution in [3.63, 3.8) is 0 Å². The molecule has 130 valence electrons. The smallest absolute Gasteiger partial charge is 0.224 e. The number of methoxy groups -OCH3 is 1. The summed E-state index contributed by atoms with van der Waals surface area (Å²) < 4.78 is 7.59. The van der Waals surface area contributed by atoms with Crippen molar-refractivity contribution in [2.24, 2.45) is 5.92 Å². The number of carbonyl (C=O) groups excluding carboxylic acids is 1. The highest BCUT2D eigenvalue weighted by atomic mass is 16.5. The van der Waals surface area contributed by atoms with E-state index in [1.54, 1.807) is 7.11 Å². The molecule has 5 heteroatoms. The predicted octanol–water partition coefficient (Wildman–Crippen LogP) is 3.22. The van der Waals surface area contributed by atoms with Crippen LogP contribution in [0.25, 0.3) is 11.0 Å². The van der Waals surface area contributed by atoms with Gasteiger partial charge in [-0.1, -0.05) is 25.5 Å². The lowest BCUT2D eigenvalue weighted by Crippen LogP contribution is -2.29. The number of nitrogens with zero attached hydrogens (tertiary/aromatic N) is 3. The number of aromatic nitrogens is 2. The van der Waals surface area contributed by atoms with Crippen molar-refractivity contribution >= 4 is 16.9 Å². The van der Waals surface area contributed by atoms with Crippen LogP contribution in [0.3, 0.4) is 0 Å². The first-order valence-electron chi connectivity index (χ1n) is 8.87. The zero-order chi connectivity index (χ0) is 17.1. The molecule has 2 unspecified atom stereocenters. The van der Waals surface area contributed by atoms with Gasteiger partial charge in [-0.15, -0.1) is 0 Å². The molecule has 0 bridgehead atoms. The molecular formula is C19H27N3O2. The van der Waals surface area contributed by atoms with Crippen LogP contribution in [0, 0.1) is 5.92 Å². The van der Waals surface area contributed by atoms with Gasteiger partial charge >= 0.3 is 0 Å². The Hall–Kier alpha value is -1.88. The first kappa shape index (κ1) is 17.0. The number of likely N-dealkylation sites (tertiary alicyclic amines) is 1. The zero-order valence-corrected chi connectivity index (χ0v) is 14.9. The summed E-state index contributed by atoms with van der Waals surface area (Å²) in [5.74, 6) is 1.74. The SMILES string of the molecule is CCCC1CC(=O)N(Cn2c(CC(C)OC)nc3ccccc32)C1. The second kappa shape index (κ2) is 7.34. The van der Waals surface area contributed by atoms with Gasteiger partial charge in [-0.25, -0.2) is 4.98 Å². The van der Waals surface area contributed by atoms with E-state index in [0.717, 1.165) is 42.7 Å². The molecule has 1 aliphatic heterocycles. The van der Waals surface area contributed by atoms with Crippen LogP contribution in [0.4, 0.5) is 0 Å². The first-order valence-corrected chi connectivity index (χ1v) is 8.87. The summed E-state index contributed by atoms with van der Waals surface area (Å²) in [4.78, 5) is 19.1. The van der Waals surface area contributed by atoms with Crippen molar-refractivity contribution in [1.29, 1.82) is 0 Å². The number of hydrogen-bond donors (Lipinski definition) is 0.